The summed E-state index contributed by atoms with van der Waals surface area (Å²) in [5.41, 5.74) is 0.712. The van der Waals surface area contributed by atoms with Gasteiger partial charge in [-0.3, -0.25) is 24.3 Å². The number of ether oxygens (including phenoxy) is 1. The highest BCUT2D eigenvalue weighted by Crippen LogP contribution is 2.41. The lowest BCUT2D eigenvalue weighted by molar-refractivity contribution is -0.128. The van der Waals surface area contributed by atoms with Gasteiger partial charge in [0.25, 0.3) is 0 Å². The molecule has 1 heterocycles. The normalized spacial score (nSPS) is 18.6. The molecule has 1 N–H and O–H groups in total. The number of para-hydroxylation sites is 2. The Morgan fingerprint density at radius 1 is 0.854 bits per heavy atom. The average molecular weight is 660 g/mol. The molecule has 0 saturated heterocycles. The number of fused-ring (bicyclic) bond motifs is 1. The number of Topliss-reactive ketones (excluding diaryl/α,β-unsaturated/α-hetero) is 1. The average Bonchev–Trinajstić information content (AvgIpc) is 3.13. The molecule has 11 nitrogen and oxygen atoms in total. The van der Waals surface area contributed by atoms with Gasteiger partial charge >= 0.3 is 18.2 Å². The molecule has 0 spiro atoms. The number of carbonyl (C=O) groups is 5. The number of rotatable bonds is 8. The van der Waals surface area contributed by atoms with Crippen molar-refractivity contribution in [1.29, 1.82) is 0 Å². The van der Waals surface area contributed by atoms with E-state index in [-0.39, 0.29) is 18.4 Å². The molecule has 48 heavy (non-hydrogen) atoms. The third-order valence-electron chi connectivity index (χ3n) is 9.69. The fourth-order valence-electron chi connectivity index (χ4n) is 6.96. The van der Waals surface area contributed by atoms with Crippen LogP contribution in [-0.4, -0.2) is 66.5 Å². The Labute approximate surface area is 283 Å². The maximum absolute atomic E-state index is 14.4. The van der Waals surface area contributed by atoms with Crippen molar-refractivity contribution >= 4 is 52.6 Å². The Kier molecular flexibility index (Phi) is 10.5. The maximum atomic E-state index is 14.4. The Morgan fingerprint density at radius 2 is 1.50 bits per heavy atom. The second-order valence-corrected chi connectivity index (χ2v) is 14.6. The van der Waals surface area contributed by atoms with Crippen molar-refractivity contribution in [3.63, 3.8) is 0 Å². The molecule has 0 unspecified atom stereocenters. The van der Waals surface area contributed by atoms with Crippen LogP contribution in [0.4, 0.5) is 37.1 Å². The fraction of sp³-hybridized carbons (Fsp3) is 0.541. The number of carbonyl (C=O) groups excluding carboxylic acids is 5. The molecule has 2 aromatic rings. The quantitative estimate of drug-likeness (QED) is 0.310. The number of urea groups is 2. The first kappa shape index (κ1) is 34.9. The molecule has 2 aliphatic carbocycles. The van der Waals surface area contributed by atoms with Crippen LogP contribution in [0.15, 0.2) is 48.5 Å². The van der Waals surface area contributed by atoms with Gasteiger partial charge in [0.1, 0.15) is 12.1 Å². The third-order valence-corrected chi connectivity index (χ3v) is 9.69. The predicted octanol–water partition coefficient (Wildman–Crippen LogP) is 7.74. The molecule has 258 valence electrons. The Bertz CT molecular complexity index is 1540. The maximum Gasteiger partial charge on any atom is 0.414 e. The summed E-state index contributed by atoms with van der Waals surface area (Å²) in [6, 6.07) is 12.5. The van der Waals surface area contributed by atoms with E-state index in [0.29, 0.717) is 22.7 Å². The Hall–Kier alpha value is -4.41. The first-order valence-electron chi connectivity index (χ1n) is 17.2. The lowest BCUT2D eigenvalue weighted by atomic mass is 9.72. The third kappa shape index (κ3) is 7.82. The van der Waals surface area contributed by atoms with Gasteiger partial charge in [0.2, 0.25) is 5.91 Å². The van der Waals surface area contributed by atoms with Crippen LogP contribution in [0.3, 0.4) is 0 Å². The van der Waals surface area contributed by atoms with Crippen molar-refractivity contribution in [2.24, 2.45) is 5.41 Å². The van der Waals surface area contributed by atoms with E-state index < -0.39 is 41.6 Å². The molecular weight excluding hydrogens is 610 g/mol. The summed E-state index contributed by atoms with van der Waals surface area (Å²) in [5.74, 6) is -0.631. The highest BCUT2D eigenvalue weighted by molar-refractivity contribution is 6.16. The standard InChI is InChI=1S/C37H49N5O6/c1-36(2,3)48-35(47)39(5)28-18-14-15-26(23-28)38-32(44)25-41-33(45)40(24-31(43)37(4)21-12-7-13-22-37)29-19-10-11-20-30(29)42(34(41)46)27-16-8-6-9-17-27/h10-11,14-15,18-20,23,27H,6-9,12-13,16-17,21-22,24-25H2,1-5H3,(H,38,44). The number of hydrogen-bond acceptors (Lipinski definition) is 6. The van der Waals surface area contributed by atoms with E-state index in [4.69, 9.17) is 4.74 Å². The molecule has 0 aromatic heterocycles. The zero-order valence-corrected chi connectivity index (χ0v) is 28.9. The van der Waals surface area contributed by atoms with Gasteiger partial charge in [-0.2, -0.15) is 0 Å². The minimum absolute atomic E-state index is 0.0424. The minimum Gasteiger partial charge on any atom is -0.443 e. The van der Waals surface area contributed by atoms with Gasteiger partial charge in [0.15, 0.2) is 5.78 Å². The number of benzene rings is 2. The fourth-order valence-corrected chi connectivity index (χ4v) is 6.96. The van der Waals surface area contributed by atoms with Crippen LogP contribution in [0.25, 0.3) is 0 Å². The van der Waals surface area contributed by atoms with Gasteiger partial charge in [-0.05, 0) is 76.8 Å². The number of nitrogens with one attached hydrogen (secondary N) is 1. The molecule has 11 heteroatoms. The van der Waals surface area contributed by atoms with E-state index in [1.807, 2.05) is 19.1 Å². The monoisotopic (exact) mass is 659 g/mol. The molecule has 5 rings (SSSR count). The summed E-state index contributed by atoms with van der Waals surface area (Å²) in [6.07, 6.45) is 8.53. The zero-order chi connectivity index (χ0) is 34.6. The van der Waals surface area contributed by atoms with Crippen molar-refractivity contribution in [1.82, 2.24) is 4.90 Å². The summed E-state index contributed by atoms with van der Waals surface area (Å²) in [6.45, 7) is 6.58. The van der Waals surface area contributed by atoms with Gasteiger partial charge in [-0.25, -0.2) is 19.3 Å². The molecule has 2 fully saturated rings. The number of anilines is 4. The highest BCUT2D eigenvalue weighted by Gasteiger charge is 2.44. The first-order valence-corrected chi connectivity index (χ1v) is 17.2. The number of nitrogens with zero attached hydrogens (tertiary/aromatic N) is 4. The summed E-state index contributed by atoms with van der Waals surface area (Å²) >= 11 is 0. The minimum atomic E-state index is -0.702. The SMILES string of the molecule is CN(C(=O)OC(C)(C)C)c1cccc(NC(=O)CN2C(=O)N(CC(=O)C3(C)CCCCC3)c3ccccc3N(C3CCCCC3)C2=O)c1. The van der Waals surface area contributed by atoms with Crippen molar-refractivity contribution in [3.8, 4) is 0 Å². The van der Waals surface area contributed by atoms with Crippen molar-refractivity contribution in [3.05, 3.63) is 48.5 Å². The summed E-state index contributed by atoms with van der Waals surface area (Å²) in [7, 11) is 1.57. The van der Waals surface area contributed by atoms with Gasteiger partial charge in [-0.15, -0.1) is 0 Å². The van der Waals surface area contributed by atoms with Crippen LogP contribution in [0.1, 0.15) is 91.9 Å². The van der Waals surface area contributed by atoms with E-state index >= 15 is 0 Å². The van der Waals surface area contributed by atoms with Crippen LogP contribution in [0, 0.1) is 5.41 Å². The van der Waals surface area contributed by atoms with Crippen LogP contribution >= 0.6 is 0 Å². The van der Waals surface area contributed by atoms with E-state index in [0.717, 1.165) is 69.1 Å². The molecule has 1 aliphatic heterocycles. The Balaban J connectivity index is 1.43. The molecule has 0 radical (unpaired) electrons. The summed E-state index contributed by atoms with van der Waals surface area (Å²) in [4.78, 5) is 74.3. The van der Waals surface area contributed by atoms with Gasteiger partial charge in [0.05, 0.1) is 17.9 Å². The van der Waals surface area contributed by atoms with Crippen molar-refractivity contribution in [2.45, 2.75) is 104 Å². The van der Waals surface area contributed by atoms with E-state index in [9.17, 15) is 24.0 Å². The number of hydrogen-bond donors (Lipinski definition) is 1. The van der Waals surface area contributed by atoms with Crippen LogP contribution in [0.5, 0.6) is 0 Å². The molecule has 2 saturated carbocycles. The lowest BCUT2D eigenvalue weighted by Gasteiger charge is -2.35. The topological polar surface area (TPSA) is 120 Å². The molecule has 0 atom stereocenters. The second-order valence-electron chi connectivity index (χ2n) is 14.6. The van der Waals surface area contributed by atoms with Gasteiger partial charge < -0.3 is 10.1 Å². The lowest BCUT2D eigenvalue weighted by Crippen LogP contribution is -2.55. The second kappa shape index (κ2) is 14.4. The van der Waals surface area contributed by atoms with Crippen molar-refractivity contribution in [2.75, 3.05) is 40.2 Å². The molecule has 0 bridgehead atoms. The first-order chi connectivity index (χ1) is 22.8. The zero-order valence-electron chi connectivity index (χ0n) is 28.9. The Morgan fingerprint density at radius 3 is 2.17 bits per heavy atom. The van der Waals surface area contributed by atoms with Gasteiger partial charge in [0, 0.05) is 29.9 Å². The van der Waals surface area contributed by atoms with E-state index in [1.54, 1.807) is 69.1 Å². The largest absolute Gasteiger partial charge is 0.443 e. The highest BCUT2D eigenvalue weighted by atomic mass is 16.6. The summed E-state index contributed by atoms with van der Waals surface area (Å²) in [5, 5.41) is 2.79. The summed E-state index contributed by atoms with van der Waals surface area (Å²) < 4.78 is 5.46. The predicted molar refractivity (Wildman–Crippen MR) is 187 cm³/mol. The van der Waals surface area contributed by atoms with Crippen LogP contribution in [0.2, 0.25) is 0 Å². The molecular formula is C37H49N5O6. The van der Waals surface area contributed by atoms with Crippen LogP contribution < -0.4 is 20.0 Å². The van der Waals surface area contributed by atoms with Crippen LogP contribution in [-0.2, 0) is 14.3 Å². The number of amides is 6. The van der Waals surface area contributed by atoms with Crippen molar-refractivity contribution < 1.29 is 28.7 Å². The number of ketones is 1. The molecule has 3 aliphatic rings. The van der Waals surface area contributed by atoms with Gasteiger partial charge in [-0.1, -0.05) is 63.6 Å². The molecule has 6 amide bonds. The number of imide groups is 1. The van der Waals surface area contributed by atoms with E-state index in [2.05, 4.69) is 5.32 Å². The molecule has 2 aromatic carbocycles. The van der Waals surface area contributed by atoms with E-state index in [1.165, 1.54) is 9.80 Å². The smallest absolute Gasteiger partial charge is 0.414 e.